The lowest BCUT2D eigenvalue weighted by atomic mass is 9.93. The zero-order valence-electron chi connectivity index (χ0n) is 18.0. The highest BCUT2D eigenvalue weighted by atomic mass is 32.2. The number of carbonyl (C=O) groups is 1. The van der Waals surface area contributed by atoms with Crippen LogP contribution in [0, 0.1) is 6.92 Å². The van der Waals surface area contributed by atoms with Crippen molar-refractivity contribution in [3.63, 3.8) is 0 Å². The fourth-order valence-electron chi connectivity index (χ4n) is 2.76. The number of benzene rings is 2. The third-order valence-corrected chi connectivity index (χ3v) is 5.98. The molecular weight excluding hydrogens is 418 g/mol. The number of aryl methyl sites for hydroxylation is 1. The van der Waals surface area contributed by atoms with Gasteiger partial charge in [-0.3, -0.25) is 9.52 Å². The number of amides is 1. The number of nitrogens with one attached hydrogen (secondary N) is 2. The SMILES string of the molecule is COc1ccc(NS(=O)(=O)c2ccc(C)c(C(=O)Nc3cc(C(C)(C)C)on3)c2)cc1. The molecule has 3 rings (SSSR count). The predicted molar refractivity (Wildman–Crippen MR) is 118 cm³/mol. The normalized spacial score (nSPS) is 11.8. The van der Waals surface area contributed by atoms with Gasteiger partial charge in [-0.15, -0.1) is 0 Å². The molecule has 2 aromatic carbocycles. The number of hydrogen-bond acceptors (Lipinski definition) is 6. The average Bonchev–Trinajstić information content (AvgIpc) is 3.17. The Kier molecular flexibility index (Phi) is 6.08. The van der Waals surface area contributed by atoms with Crippen LogP contribution in [0.3, 0.4) is 0 Å². The standard InChI is InChI=1S/C22H25N3O5S/c1-14-6-11-17(31(27,28)25-15-7-9-16(29-5)10-8-15)12-18(14)21(26)23-20-13-19(30-24-20)22(2,3)4/h6-13,25H,1-5H3,(H,23,24,26). The van der Waals surface area contributed by atoms with Crippen LogP contribution in [0.1, 0.15) is 42.5 Å². The summed E-state index contributed by atoms with van der Waals surface area (Å²) in [5, 5.41) is 6.53. The maximum atomic E-state index is 12.8. The van der Waals surface area contributed by atoms with E-state index < -0.39 is 15.9 Å². The minimum Gasteiger partial charge on any atom is -0.497 e. The van der Waals surface area contributed by atoms with Crippen molar-refractivity contribution in [1.29, 1.82) is 0 Å². The molecule has 31 heavy (non-hydrogen) atoms. The van der Waals surface area contributed by atoms with E-state index in [0.29, 0.717) is 22.8 Å². The van der Waals surface area contributed by atoms with Crippen molar-refractivity contribution in [3.05, 3.63) is 65.4 Å². The molecule has 8 nitrogen and oxygen atoms in total. The van der Waals surface area contributed by atoms with Gasteiger partial charge >= 0.3 is 0 Å². The molecule has 0 aliphatic heterocycles. The molecule has 0 bridgehead atoms. The molecule has 0 fully saturated rings. The molecule has 1 heterocycles. The number of carbonyl (C=O) groups excluding carboxylic acids is 1. The largest absolute Gasteiger partial charge is 0.497 e. The van der Waals surface area contributed by atoms with E-state index in [1.54, 1.807) is 43.3 Å². The molecule has 0 atom stereocenters. The summed E-state index contributed by atoms with van der Waals surface area (Å²) in [5.41, 5.74) is 0.968. The number of ether oxygens (including phenoxy) is 1. The van der Waals surface area contributed by atoms with Gasteiger partial charge in [0.15, 0.2) is 5.82 Å². The molecule has 0 aliphatic carbocycles. The van der Waals surface area contributed by atoms with E-state index in [1.807, 2.05) is 20.8 Å². The summed E-state index contributed by atoms with van der Waals surface area (Å²) in [6, 6.07) is 12.5. The number of methoxy groups -OCH3 is 1. The first-order chi connectivity index (χ1) is 14.5. The molecule has 164 valence electrons. The quantitative estimate of drug-likeness (QED) is 0.586. The van der Waals surface area contributed by atoms with E-state index in [2.05, 4.69) is 15.2 Å². The summed E-state index contributed by atoms with van der Waals surface area (Å²) >= 11 is 0. The Bertz CT molecular complexity index is 1190. The van der Waals surface area contributed by atoms with Crippen molar-refractivity contribution in [2.75, 3.05) is 17.1 Å². The van der Waals surface area contributed by atoms with E-state index >= 15 is 0 Å². The molecule has 2 N–H and O–H groups in total. The minimum absolute atomic E-state index is 0.0328. The van der Waals surface area contributed by atoms with Gasteiger partial charge in [0.1, 0.15) is 11.5 Å². The third-order valence-electron chi connectivity index (χ3n) is 4.60. The fourth-order valence-corrected chi connectivity index (χ4v) is 3.84. The summed E-state index contributed by atoms with van der Waals surface area (Å²) in [6.07, 6.45) is 0. The smallest absolute Gasteiger partial charge is 0.261 e. The van der Waals surface area contributed by atoms with Crippen molar-refractivity contribution in [2.24, 2.45) is 0 Å². The van der Waals surface area contributed by atoms with Gasteiger partial charge in [-0.25, -0.2) is 8.42 Å². The van der Waals surface area contributed by atoms with Crippen molar-refractivity contribution in [1.82, 2.24) is 5.16 Å². The van der Waals surface area contributed by atoms with E-state index in [4.69, 9.17) is 9.26 Å². The molecule has 0 saturated carbocycles. The lowest BCUT2D eigenvalue weighted by molar-refractivity contribution is 0.102. The first kappa shape index (κ1) is 22.4. The van der Waals surface area contributed by atoms with Crippen LogP contribution < -0.4 is 14.8 Å². The highest BCUT2D eigenvalue weighted by Gasteiger charge is 2.22. The van der Waals surface area contributed by atoms with Crippen molar-refractivity contribution in [3.8, 4) is 5.75 Å². The van der Waals surface area contributed by atoms with Gasteiger partial charge in [-0.05, 0) is 48.9 Å². The summed E-state index contributed by atoms with van der Waals surface area (Å²) in [5.74, 6) is 1.02. The Morgan fingerprint density at radius 1 is 1.06 bits per heavy atom. The lowest BCUT2D eigenvalue weighted by Crippen LogP contribution is -2.17. The van der Waals surface area contributed by atoms with Crippen LogP contribution in [-0.4, -0.2) is 26.6 Å². The first-order valence-electron chi connectivity index (χ1n) is 9.56. The molecule has 9 heteroatoms. The topological polar surface area (TPSA) is 111 Å². The van der Waals surface area contributed by atoms with Crippen LogP contribution in [0.2, 0.25) is 0 Å². The fraction of sp³-hybridized carbons (Fsp3) is 0.273. The Hall–Kier alpha value is -3.33. The van der Waals surface area contributed by atoms with Gasteiger partial charge in [0.25, 0.3) is 15.9 Å². The van der Waals surface area contributed by atoms with Crippen LogP contribution in [0.15, 0.2) is 57.9 Å². The molecule has 3 aromatic rings. The van der Waals surface area contributed by atoms with Crippen LogP contribution in [0.25, 0.3) is 0 Å². The van der Waals surface area contributed by atoms with Crippen molar-refractivity contribution in [2.45, 2.75) is 38.0 Å². The molecule has 0 radical (unpaired) electrons. The molecule has 1 amide bonds. The van der Waals surface area contributed by atoms with Gasteiger partial charge in [0, 0.05) is 22.7 Å². The number of hydrogen-bond donors (Lipinski definition) is 2. The van der Waals surface area contributed by atoms with Gasteiger partial charge in [0.2, 0.25) is 0 Å². The van der Waals surface area contributed by atoms with Crippen LogP contribution in [0.5, 0.6) is 5.75 Å². The van der Waals surface area contributed by atoms with Crippen molar-refractivity contribution < 1.29 is 22.5 Å². The second-order valence-corrected chi connectivity index (χ2v) is 9.77. The van der Waals surface area contributed by atoms with Gasteiger partial charge in [-0.2, -0.15) is 0 Å². The van der Waals surface area contributed by atoms with E-state index in [1.165, 1.54) is 19.2 Å². The van der Waals surface area contributed by atoms with E-state index in [9.17, 15) is 13.2 Å². The van der Waals surface area contributed by atoms with E-state index in [0.717, 1.165) is 0 Å². The maximum absolute atomic E-state index is 12.8. The van der Waals surface area contributed by atoms with Gasteiger partial charge in [-0.1, -0.05) is 32.0 Å². The van der Waals surface area contributed by atoms with Crippen LogP contribution in [-0.2, 0) is 15.4 Å². The summed E-state index contributed by atoms with van der Waals surface area (Å²) in [4.78, 5) is 12.7. The first-order valence-corrected chi connectivity index (χ1v) is 11.0. The number of sulfonamides is 1. The van der Waals surface area contributed by atoms with Crippen LogP contribution in [0.4, 0.5) is 11.5 Å². The summed E-state index contributed by atoms with van der Waals surface area (Å²) in [7, 11) is -2.37. The minimum atomic E-state index is -3.90. The number of anilines is 2. The van der Waals surface area contributed by atoms with Crippen molar-refractivity contribution >= 4 is 27.4 Å². The van der Waals surface area contributed by atoms with Gasteiger partial charge in [0.05, 0.1) is 12.0 Å². The lowest BCUT2D eigenvalue weighted by Gasteiger charge is -2.12. The Balaban J connectivity index is 1.83. The number of nitrogens with zero attached hydrogens (tertiary/aromatic N) is 1. The zero-order chi connectivity index (χ0) is 22.8. The number of aromatic nitrogens is 1. The highest BCUT2D eigenvalue weighted by Crippen LogP contribution is 2.25. The summed E-state index contributed by atoms with van der Waals surface area (Å²) in [6.45, 7) is 7.62. The molecule has 0 aliphatic rings. The average molecular weight is 444 g/mol. The Morgan fingerprint density at radius 3 is 2.32 bits per heavy atom. The molecule has 0 spiro atoms. The second kappa shape index (κ2) is 8.43. The zero-order valence-corrected chi connectivity index (χ0v) is 18.8. The molecule has 1 aromatic heterocycles. The molecule has 0 unspecified atom stereocenters. The Morgan fingerprint density at radius 2 is 1.74 bits per heavy atom. The van der Waals surface area contributed by atoms with E-state index in [-0.39, 0.29) is 21.7 Å². The third kappa shape index (κ3) is 5.24. The second-order valence-electron chi connectivity index (χ2n) is 8.09. The predicted octanol–water partition coefficient (Wildman–Crippen LogP) is 4.34. The number of rotatable bonds is 6. The Labute approximate surface area is 181 Å². The monoisotopic (exact) mass is 443 g/mol. The summed E-state index contributed by atoms with van der Waals surface area (Å²) < 4.78 is 38.5. The molecular formula is C22H25N3O5S. The molecule has 0 saturated heterocycles. The van der Waals surface area contributed by atoms with Gasteiger partial charge < -0.3 is 14.6 Å². The van der Waals surface area contributed by atoms with Crippen LogP contribution >= 0.6 is 0 Å². The highest BCUT2D eigenvalue weighted by molar-refractivity contribution is 7.92. The maximum Gasteiger partial charge on any atom is 0.261 e.